The molecule has 2 unspecified atom stereocenters. The van der Waals surface area contributed by atoms with Crippen LogP contribution in [0.15, 0.2) is 59.2 Å². The molecule has 1 fully saturated rings. The van der Waals surface area contributed by atoms with Gasteiger partial charge in [0.2, 0.25) is 0 Å². The summed E-state index contributed by atoms with van der Waals surface area (Å²) in [7, 11) is 0. The third kappa shape index (κ3) is 7.26. The second-order valence-corrected chi connectivity index (χ2v) is 9.30. The number of aliphatic imine (C=N–C) groups is 1. The highest BCUT2D eigenvalue weighted by molar-refractivity contribution is 5.92. The molecule has 0 aliphatic carbocycles. The molecule has 0 bridgehead atoms. The van der Waals surface area contributed by atoms with Crippen LogP contribution in [0.4, 0.5) is 0 Å². The van der Waals surface area contributed by atoms with Gasteiger partial charge in [0.25, 0.3) is 5.96 Å². The summed E-state index contributed by atoms with van der Waals surface area (Å²) in [5, 5.41) is 10.7. The van der Waals surface area contributed by atoms with Crippen LogP contribution in [-0.2, 0) is 20.9 Å². The van der Waals surface area contributed by atoms with E-state index in [1.165, 1.54) is 5.56 Å². The summed E-state index contributed by atoms with van der Waals surface area (Å²) in [6, 6.07) is 10.3. The highest BCUT2D eigenvalue weighted by atomic mass is 16.5. The lowest BCUT2D eigenvalue weighted by Crippen LogP contribution is -3.21. The van der Waals surface area contributed by atoms with Gasteiger partial charge in [-0.2, -0.15) is 4.99 Å². The van der Waals surface area contributed by atoms with Gasteiger partial charge in [-0.3, -0.25) is 4.90 Å². The molecule has 0 amide bonds. The SMILES string of the molecule is C=CCOC(=O)C1=C(C)N=C(N)[NH+]2C1CC[C@H]2C[C@@H](O)CCCCCCOCc1ccccc1. The highest BCUT2D eigenvalue weighted by Gasteiger charge is 2.48. The quantitative estimate of drug-likeness (QED) is 0.221. The maximum atomic E-state index is 12.6. The number of unbranched alkanes of at least 4 members (excludes halogenated alkanes) is 3. The molecule has 2 aliphatic rings. The molecule has 7 nitrogen and oxygen atoms in total. The first kappa shape index (κ1) is 26.1. The number of benzene rings is 1. The maximum Gasteiger partial charge on any atom is 0.342 e. The largest absolute Gasteiger partial charge is 0.458 e. The number of carbonyl (C=O) groups excluding carboxylic acids is 1. The van der Waals surface area contributed by atoms with Crippen LogP contribution in [0.5, 0.6) is 0 Å². The first-order valence-electron chi connectivity index (χ1n) is 12.5. The fourth-order valence-electron chi connectivity index (χ4n) is 5.10. The van der Waals surface area contributed by atoms with E-state index in [9.17, 15) is 9.90 Å². The molecule has 7 heteroatoms. The van der Waals surface area contributed by atoms with Crippen molar-refractivity contribution in [2.24, 2.45) is 10.7 Å². The van der Waals surface area contributed by atoms with E-state index >= 15 is 0 Å². The van der Waals surface area contributed by atoms with Crippen molar-refractivity contribution in [3.05, 3.63) is 59.8 Å². The Morgan fingerprint density at radius 2 is 2.03 bits per heavy atom. The summed E-state index contributed by atoms with van der Waals surface area (Å²) in [5.74, 6) is 0.165. The second kappa shape index (κ2) is 13.4. The lowest BCUT2D eigenvalue weighted by Gasteiger charge is -2.30. The first-order chi connectivity index (χ1) is 16.5. The Hall–Kier alpha value is -2.48. The van der Waals surface area contributed by atoms with E-state index in [0.717, 1.165) is 56.5 Å². The van der Waals surface area contributed by atoms with E-state index in [-0.39, 0.29) is 30.8 Å². The average molecular weight is 471 g/mol. The van der Waals surface area contributed by atoms with Gasteiger partial charge in [-0.15, -0.1) is 0 Å². The van der Waals surface area contributed by atoms with Gasteiger partial charge in [-0.1, -0.05) is 62.2 Å². The maximum absolute atomic E-state index is 12.6. The van der Waals surface area contributed by atoms with Crippen molar-refractivity contribution in [3.8, 4) is 0 Å². The number of fused-ring (bicyclic) bond motifs is 1. The fourth-order valence-corrected chi connectivity index (χ4v) is 5.10. The van der Waals surface area contributed by atoms with Crippen LogP contribution in [0.3, 0.4) is 0 Å². The Kier molecular flexibility index (Phi) is 10.3. The first-order valence-corrected chi connectivity index (χ1v) is 12.5. The summed E-state index contributed by atoms with van der Waals surface area (Å²) in [4.78, 5) is 18.0. The molecule has 0 radical (unpaired) electrons. The number of quaternary nitrogens is 1. The summed E-state index contributed by atoms with van der Waals surface area (Å²) >= 11 is 0. The number of allylic oxidation sites excluding steroid dienone is 1. The molecule has 0 aromatic heterocycles. The highest BCUT2D eigenvalue weighted by Crippen LogP contribution is 2.24. The number of hydrogen-bond acceptors (Lipinski definition) is 6. The Morgan fingerprint density at radius 1 is 1.26 bits per heavy atom. The zero-order valence-electron chi connectivity index (χ0n) is 20.4. The van der Waals surface area contributed by atoms with Crippen LogP contribution in [0.1, 0.15) is 63.9 Å². The monoisotopic (exact) mass is 470 g/mol. The molecule has 1 saturated heterocycles. The number of aliphatic hydroxyl groups excluding tert-OH is 1. The van der Waals surface area contributed by atoms with Gasteiger partial charge < -0.3 is 20.3 Å². The van der Waals surface area contributed by atoms with Crippen molar-refractivity contribution >= 4 is 11.9 Å². The zero-order valence-corrected chi connectivity index (χ0v) is 20.4. The number of guanidine groups is 1. The second-order valence-electron chi connectivity index (χ2n) is 9.30. The van der Waals surface area contributed by atoms with E-state index in [1.54, 1.807) is 6.08 Å². The van der Waals surface area contributed by atoms with E-state index in [0.29, 0.717) is 30.3 Å². The number of nitrogens with zero attached hydrogens (tertiary/aromatic N) is 1. The van der Waals surface area contributed by atoms with Gasteiger partial charge in [-0.05, 0) is 25.3 Å². The molecule has 1 aromatic rings. The minimum absolute atomic E-state index is 0.0529. The normalized spacial score (nSPS) is 22.8. The van der Waals surface area contributed by atoms with Crippen molar-refractivity contribution in [1.29, 1.82) is 0 Å². The predicted octanol–water partition coefficient (Wildman–Crippen LogP) is 2.65. The molecule has 186 valence electrons. The summed E-state index contributed by atoms with van der Waals surface area (Å²) in [5.41, 5.74) is 8.72. The topological polar surface area (TPSA) is 98.6 Å². The molecule has 34 heavy (non-hydrogen) atoms. The summed E-state index contributed by atoms with van der Waals surface area (Å²) in [6.45, 7) is 7.02. The van der Waals surface area contributed by atoms with Crippen LogP contribution in [0.25, 0.3) is 0 Å². The van der Waals surface area contributed by atoms with Gasteiger partial charge in [0.15, 0.2) is 0 Å². The van der Waals surface area contributed by atoms with Crippen molar-refractivity contribution in [2.75, 3.05) is 13.2 Å². The molecule has 2 heterocycles. The molecular weight excluding hydrogens is 430 g/mol. The molecule has 4 N–H and O–H groups in total. The summed E-state index contributed by atoms with van der Waals surface area (Å²) < 4.78 is 11.0. The van der Waals surface area contributed by atoms with Crippen molar-refractivity contribution in [2.45, 2.75) is 83.1 Å². The minimum Gasteiger partial charge on any atom is -0.458 e. The molecular formula is C27H40N3O4+. The Labute approximate surface area is 203 Å². The van der Waals surface area contributed by atoms with Crippen molar-refractivity contribution < 1.29 is 24.3 Å². The third-order valence-corrected chi connectivity index (χ3v) is 6.74. The van der Waals surface area contributed by atoms with Gasteiger partial charge in [-0.25, -0.2) is 4.79 Å². The number of carbonyl (C=O) groups is 1. The molecule has 1 aromatic carbocycles. The average Bonchev–Trinajstić information content (AvgIpc) is 3.23. The predicted molar refractivity (Wildman–Crippen MR) is 133 cm³/mol. The van der Waals surface area contributed by atoms with Crippen LogP contribution in [-0.4, -0.2) is 48.4 Å². The number of hydrogen-bond donors (Lipinski definition) is 3. The lowest BCUT2D eigenvalue weighted by molar-refractivity contribution is -0.843. The standard InChI is InChI=1S/C27H39N3O4/c1-3-16-34-26(32)25-20(2)29-27(28)30-22(14-15-24(25)30)18-23(31)13-9-4-5-10-17-33-19-21-11-7-6-8-12-21/h3,6-8,11-12,22-24,31H,1,4-5,9-10,13-19H2,2H3,(H2,28,29)/p+1/t22-,23-,24?/m0/s1. The van der Waals surface area contributed by atoms with Gasteiger partial charge >= 0.3 is 5.97 Å². The number of esters is 1. The Morgan fingerprint density at radius 3 is 2.79 bits per heavy atom. The molecule has 0 saturated carbocycles. The van der Waals surface area contributed by atoms with Gasteiger partial charge in [0.05, 0.1) is 24.4 Å². The van der Waals surface area contributed by atoms with Crippen LogP contribution in [0, 0.1) is 0 Å². The zero-order chi connectivity index (χ0) is 24.3. The molecule has 4 atom stereocenters. The molecule has 0 spiro atoms. The fraction of sp³-hybridized carbons (Fsp3) is 0.556. The van der Waals surface area contributed by atoms with Crippen LogP contribution in [0.2, 0.25) is 0 Å². The van der Waals surface area contributed by atoms with Gasteiger partial charge in [0, 0.05) is 25.9 Å². The number of ether oxygens (including phenoxy) is 2. The van der Waals surface area contributed by atoms with E-state index in [1.807, 2.05) is 25.1 Å². The lowest BCUT2D eigenvalue weighted by atomic mass is 10.0. The van der Waals surface area contributed by atoms with E-state index in [4.69, 9.17) is 15.2 Å². The third-order valence-electron chi connectivity index (χ3n) is 6.74. The van der Waals surface area contributed by atoms with Gasteiger partial charge in [0.1, 0.15) is 18.2 Å². The van der Waals surface area contributed by atoms with Crippen molar-refractivity contribution in [3.63, 3.8) is 0 Å². The summed E-state index contributed by atoms with van der Waals surface area (Å²) in [6.07, 6.45) is 8.58. The van der Waals surface area contributed by atoms with E-state index in [2.05, 4.69) is 23.7 Å². The van der Waals surface area contributed by atoms with Crippen LogP contribution < -0.4 is 10.6 Å². The molecule has 3 rings (SSSR count). The number of rotatable bonds is 14. The minimum atomic E-state index is -0.374. The number of nitrogens with two attached hydrogens (primary N) is 1. The Bertz CT molecular complexity index is 868. The smallest absolute Gasteiger partial charge is 0.342 e. The Balaban J connectivity index is 1.35. The van der Waals surface area contributed by atoms with Crippen molar-refractivity contribution in [1.82, 2.24) is 0 Å². The molecule has 2 aliphatic heterocycles. The number of nitrogens with one attached hydrogen (secondary N) is 1. The van der Waals surface area contributed by atoms with E-state index < -0.39 is 0 Å². The van der Waals surface area contributed by atoms with Crippen LogP contribution >= 0.6 is 0 Å². The number of aliphatic hydroxyl groups is 1.